The number of aryl methyl sites for hydroxylation is 1. The molecular weight excluding hydrogens is 320 g/mol. The summed E-state index contributed by atoms with van der Waals surface area (Å²) in [5.74, 6) is 0.684. The van der Waals surface area contributed by atoms with E-state index in [2.05, 4.69) is 24.4 Å². The number of para-hydroxylation sites is 2. The molecule has 1 atom stereocenters. The lowest BCUT2D eigenvalue weighted by atomic mass is 10.1. The van der Waals surface area contributed by atoms with E-state index in [4.69, 9.17) is 4.74 Å². The average molecular weight is 344 g/mol. The summed E-state index contributed by atoms with van der Waals surface area (Å²) < 4.78 is 5.34. The van der Waals surface area contributed by atoms with Gasteiger partial charge in [-0.05, 0) is 44.0 Å². The SMILES string of the molecule is COc1ccccc1NC(=O)N1CCCCC[C@@H]1c1ccc(C)s1. The number of carbonyl (C=O) groups excluding carboxylic acids is 1. The number of hydrogen-bond donors (Lipinski definition) is 1. The van der Waals surface area contributed by atoms with Crippen LogP contribution in [0.2, 0.25) is 0 Å². The molecule has 0 bridgehead atoms. The molecule has 0 radical (unpaired) electrons. The molecule has 0 aliphatic carbocycles. The van der Waals surface area contributed by atoms with Gasteiger partial charge in [0, 0.05) is 16.3 Å². The van der Waals surface area contributed by atoms with Gasteiger partial charge in [-0.15, -0.1) is 11.3 Å². The minimum atomic E-state index is -0.0440. The zero-order valence-corrected chi connectivity index (χ0v) is 15.1. The van der Waals surface area contributed by atoms with Crippen LogP contribution in [0.25, 0.3) is 0 Å². The third-order valence-corrected chi connectivity index (χ3v) is 5.55. The van der Waals surface area contributed by atoms with Gasteiger partial charge in [-0.1, -0.05) is 25.0 Å². The Morgan fingerprint density at radius 1 is 1.21 bits per heavy atom. The lowest BCUT2D eigenvalue weighted by Crippen LogP contribution is -2.37. The summed E-state index contributed by atoms with van der Waals surface area (Å²) >= 11 is 1.79. The van der Waals surface area contributed by atoms with Crippen LogP contribution in [0.5, 0.6) is 5.75 Å². The molecule has 24 heavy (non-hydrogen) atoms. The number of likely N-dealkylation sites (tertiary alicyclic amines) is 1. The van der Waals surface area contributed by atoms with Crippen molar-refractivity contribution in [3.05, 3.63) is 46.2 Å². The first-order valence-electron chi connectivity index (χ1n) is 8.46. The fourth-order valence-corrected chi connectivity index (χ4v) is 4.24. The number of amides is 2. The number of methoxy groups -OCH3 is 1. The highest BCUT2D eigenvalue weighted by molar-refractivity contribution is 7.12. The first-order valence-corrected chi connectivity index (χ1v) is 9.27. The summed E-state index contributed by atoms with van der Waals surface area (Å²) in [5.41, 5.74) is 0.718. The number of benzene rings is 1. The predicted octanol–water partition coefficient (Wildman–Crippen LogP) is 5.21. The van der Waals surface area contributed by atoms with Gasteiger partial charge in [-0.3, -0.25) is 0 Å². The second-order valence-electron chi connectivity index (χ2n) is 6.14. The Morgan fingerprint density at radius 3 is 2.79 bits per heavy atom. The molecule has 1 aliphatic rings. The standard InChI is InChI=1S/C19H24N2O2S/c1-14-11-12-18(24-14)16-9-4-3-7-13-21(16)19(22)20-15-8-5-6-10-17(15)23-2/h5-6,8,10-12,16H,3-4,7,9,13H2,1-2H3,(H,20,22)/t16-/m1/s1. The van der Waals surface area contributed by atoms with Gasteiger partial charge in [0.2, 0.25) is 0 Å². The van der Waals surface area contributed by atoms with Crippen LogP contribution in [-0.2, 0) is 0 Å². The van der Waals surface area contributed by atoms with E-state index in [1.54, 1.807) is 18.4 Å². The van der Waals surface area contributed by atoms with Crippen LogP contribution in [0, 0.1) is 6.92 Å². The number of hydrogen-bond acceptors (Lipinski definition) is 3. The van der Waals surface area contributed by atoms with Crippen LogP contribution in [0.3, 0.4) is 0 Å². The lowest BCUT2D eigenvalue weighted by Gasteiger charge is -2.29. The quantitative estimate of drug-likeness (QED) is 0.830. The van der Waals surface area contributed by atoms with Crippen molar-refractivity contribution >= 4 is 23.1 Å². The van der Waals surface area contributed by atoms with Gasteiger partial charge >= 0.3 is 6.03 Å². The van der Waals surface area contributed by atoms with Gasteiger partial charge in [0.1, 0.15) is 5.75 Å². The number of thiophene rings is 1. The van der Waals surface area contributed by atoms with E-state index in [1.165, 1.54) is 22.6 Å². The topological polar surface area (TPSA) is 41.6 Å². The average Bonchev–Trinajstić information content (AvgIpc) is 2.87. The van der Waals surface area contributed by atoms with Gasteiger partial charge in [-0.2, -0.15) is 0 Å². The molecule has 2 aromatic rings. The molecule has 1 aliphatic heterocycles. The Hall–Kier alpha value is -2.01. The molecule has 1 fully saturated rings. The maximum absolute atomic E-state index is 12.9. The molecule has 128 valence electrons. The number of urea groups is 1. The van der Waals surface area contributed by atoms with Crippen molar-refractivity contribution in [3.63, 3.8) is 0 Å². The van der Waals surface area contributed by atoms with Crippen LogP contribution in [-0.4, -0.2) is 24.6 Å². The Balaban J connectivity index is 1.82. The monoisotopic (exact) mass is 344 g/mol. The highest BCUT2D eigenvalue weighted by atomic mass is 32.1. The Labute approximate surface area is 147 Å². The lowest BCUT2D eigenvalue weighted by molar-refractivity contribution is 0.190. The zero-order chi connectivity index (χ0) is 16.9. The molecule has 1 aromatic carbocycles. The number of carbonyl (C=O) groups is 1. The maximum atomic E-state index is 12.9. The van der Waals surface area contributed by atoms with Gasteiger partial charge in [0.15, 0.2) is 0 Å². The van der Waals surface area contributed by atoms with E-state index in [0.29, 0.717) is 5.75 Å². The molecule has 3 rings (SSSR count). The number of ether oxygens (including phenoxy) is 1. The normalized spacial score (nSPS) is 18.1. The molecule has 0 spiro atoms. The van der Waals surface area contributed by atoms with Crippen LogP contribution in [0.4, 0.5) is 10.5 Å². The molecular formula is C19H24N2O2S. The fraction of sp³-hybridized carbons (Fsp3) is 0.421. The van der Waals surface area contributed by atoms with Crippen molar-refractivity contribution in [2.45, 2.75) is 38.6 Å². The van der Waals surface area contributed by atoms with E-state index in [9.17, 15) is 4.79 Å². The minimum Gasteiger partial charge on any atom is -0.495 e. The summed E-state index contributed by atoms with van der Waals surface area (Å²) in [6.45, 7) is 2.91. The zero-order valence-electron chi connectivity index (χ0n) is 14.2. The molecule has 0 unspecified atom stereocenters. The van der Waals surface area contributed by atoms with Crippen molar-refractivity contribution in [2.24, 2.45) is 0 Å². The second-order valence-corrected chi connectivity index (χ2v) is 7.46. The summed E-state index contributed by atoms with van der Waals surface area (Å²) in [7, 11) is 1.62. The Bertz CT molecular complexity index is 698. The Morgan fingerprint density at radius 2 is 2.04 bits per heavy atom. The van der Waals surface area contributed by atoms with Crippen LogP contribution in [0.1, 0.15) is 41.5 Å². The van der Waals surface area contributed by atoms with Crippen LogP contribution in [0.15, 0.2) is 36.4 Å². The first kappa shape index (κ1) is 16.8. The molecule has 2 heterocycles. The summed E-state index contributed by atoms with van der Waals surface area (Å²) in [4.78, 5) is 17.5. The maximum Gasteiger partial charge on any atom is 0.322 e. The van der Waals surface area contributed by atoms with Crippen molar-refractivity contribution in [1.29, 1.82) is 0 Å². The number of anilines is 1. The molecule has 1 aromatic heterocycles. The Kier molecular flexibility index (Phi) is 5.41. The third-order valence-electron chi connectivity index (χ3n) is 4.45. The summed E-state index contributed by atoms with van der Waals surface area (Å²) in [6.07, 6.45) is 4.43. The third kappa shape index (κ3) is 3.73. The van der Waals surface area contributed by atoms with Crippen molar-refractivity contribution in [2.75, 3.05) is 19.0 Å². The number of nitrogens with zero attached hydrogens (tertiary/aromatic N) is 1. The first-order chi connectivity index (χ1) is 11.7. The van der Waals surface area contributed by atoms with Crippen molar-refractivity contribution < 1.29 is 9.53 Å². The van der Waals surface area contributed by atoms with E-state index >= 15 is 0 Å². The van der Waals surface area contributed by atoms with E-state index in [1.807, 2.05) is 29.2 Å². The predicted molar refractivity (Wildman–Crippen MR) is 99.0 cm³/mol. The molecule has 4 nitrogen and oxygen atoms in total. The molecule has 0 saturated carbocycles. The fourth-order valence-electron chi connectivity index (χ4n) is 3.21. The second kappa shape index (κ2) is 7.71. The van der Waals surface area contributed by atoms with E-state index < -0.39 is 0 Å². The van der Waals surface area contributed by atoms with Gasteiger partial charge in [0.05, 0.1) is 18.8 Å². The summed E-state index contributed by atoms with van der Waals surface area (Å²) in [5, 5.41) is 3.03. The van der Waals surface area contributed by atoms with Crippen LogP contribution >= 0.6 is 11.3 Å². The van der Waals surface area contributed by atoms with Crippen LogP contribution < -0.4 is 10.1 Å². The number of rotatable bonds is 3. The highest BCUT2D eigenvalue weighted by Crippen LogP contribution is 2.35. The minimum absolute atomic E-state index is 0.0440. The van der Waals surface area contributed by atoms with Gasteiger partial charge in [0.25, 0.3) is 0 Å². The van der Waals surface area contributed by atoms with Crippen molar-refractivity contribution in [3.8, 4) is 5.75 Å². The van der Waals surface area contributed by atoms with Gasteiger partial charge in [-0.25, -0.2) is 4.79 Å². The highest BCUT2D eigenvalue weighted by Gasteiger charge is 2.28. The van der Waals surface area contributed by atoms with Crippen molar-refractivity contribution in [1.82, 2.24) is 4.90 Å². The molecule has 1 N–H and O–H groups in total. The molecule has 5 heteroatoms. The van der Waals surface area contributed by atoms with Gasteiger partial charge < -0.3 is 15.0 Å². The van der Waals surface area contributed by atoms with E-state index in [-0.39, 0.29) is 12.1 Å². The largest absolute Gasteiger partial charge is 0.495 e. The molecule has 1 saturated heterocycles. The smallest absolute Gasteiger partial charge is 0.322 e. The number of nitrogens with one attached hydrogen (secondary N) is 1. The molecule has 2 amide bonds. The van der Waals surface area contributed by atoms with E-state index in [0.717, 1.165) is 25.1 Å². The summed E-state index contributed by atoms with van der Waals surface area (Å²) in [6, 6.07) is 12.0.